The van der Waals surface area contributed by atoms with Crippen LogP contribution in [0.4, 0.5) is 9.59 Å². The molecule has 1 saturated heterocycles. The Labute approximate surface area is 158 Å². The number of carboxylic acid groups (broad SMARTS) is 1. The molecule has 1 aliphatic heterocycles. The first-order chi connectivity index (χ1) is 12.6. The fraction of sp³-hybridized carbons (Fsp3) is 0.526. The van der Waals surface area contributed by atoms with Gasteiger partial charge >= 0.3 is 18.2 Å². The summed E-state index contributed by atoms with van der Waals surface area (Å²) in [6, 6.07) is 9.24. The van der Waals surface area contributed by atoms with E-state index in [0.29, 0.717) is 0 Å². The molecule has 0 saturated carbocycles. The topological polar surface area (TPSA) is 116 Å². The number of hydrogen-bond donors (Lipinski definition) is 2. The molecule has 3 N–H and O–H groups in total. The molecule has 0 radical (unpaired) electrons. The predicted molar refractivity (Wildman–Crippen MR) is 96.3 cm³/mol. The van der Waals surface area contributed by atoms with Crippen molar-refractivity contribution in [1.29, 1.82) is 0 Å². The molecule has 1 aromatic carbocycles. The summed E-state index contributed by atoms with van der Waals surface area (Å²) in [7, 11) is 0. The second-order valence-corrected chi connectivity index (χ2v) is 7.74. The lowest BCUT2D eigenvalue weighted by atomic mass is 9.93. The summed E-state index contributed by atoms with van der Waals surface area (Å²) >= 11 is 0. The van der Waals surface area contributed by atoms with Crippen LogP contribution in [0.5, 0.6) is 0 Å². The van der Waals surface area contributed by atoms with Crippen molar-refractivity contribution in [3.8, 4) is 0 Å². The fourth-order valence-corrected chi connectivity index (χ4v) is 3.06. The summed E-state index contributed by atoms with van der Waals surface area (Å²) in [5, 5.41) is 9.68. The molecule has 0 spiro atoms. The molecule has 148 valence electrons. The van der Waals surface area contributed by atoms with Crippen molar-refractivity contribution in [2.24, 2.45) is 11.7 Å². The number of rotatable bonds is 3. The number of carbonyl (C=O) groups is 3. The Morgan fingerprint density at radius 1 is 1.22 bits per heavy atom. The van der Waals surface area contributed by atoms with Crippen LogP contribution in [0.1, 0.15) is 39.2 Å². The van der Waals surface area contributed by atoms with E-state index in [9.17, 15) is 19.5 Å². The number of carbonyl (C=O) groups excluding carboxylic acids is 2. The molecule has 0 bridgehead atoms. The summed E-state index contributed by atoms with van der Waals surface area (Å²) in [5.74, 6) is -1.00. The van der Waals surface area contributed by atoms with Gasteiger partial charge in [0.05, 0.1) is 5.92 Å². The zero-order chi connectivity index (χ0) is 20.2. The van der Waals surface area contributed by atoms with Crippen molar-refractivity contribution in [2.45, 2.75) is 52.0 Å². The molecule has 3 atom stereocenters. The number of amides is 2. The van der Waals surface area contributed by atoms with E-state index >= 15 is 0 Å². The van der Waals surface area contributed by atoms with Gasteiger partial charge in [-0.1, -0.05) is 30.3 Å². The number of likely N-dealkylation sites (tertiary alicyclic amines) is 1. The zero-order valence-electron chi connectivity index (χ0n) is 15.9. The van der Waals surface area contributed by atoms with E-state index in [0.717, 1.165) is 5.56 Å². The standard InChI is InChI=1S/C19H26N2O6/c1-19(2,3)27-18(25)21(17(23)24)10-9-14(11-15(21)20)16(22)26-12-13-7-5-4-6-8-13/h4-8,14-15H,9-12,20H2,1-3H3/p+1. The Hall–Kier alpha value is -2.45. The number of nitrogens with zero attached hydrogens (tertiary/aromatic N) is 1. The highest BCUT2D eigenvalue weighted by Crippen LogP contribution is 2.31. The van der Waals surface area contributed by atoms with E-state index in [1.807, 2.05) is 30.3 Å². The SMILES string of the molecule is CC(C)(C)OC(=O)[N+]1(C(=O)O)CCC(C(=O)OCc2ccccc2)CC1N. The van der Waals surface area contributed by atoms with Gasteiger partial charge in [-0.15, -0.1) is 4.48 Å². The molecule has 0 aromatic heterocycles. The third-order valence-corrected chi connectivity index (χ3v) is 4.54. The smallest absolute Gasteiger partial charge is 0.461 e. The van der Waals surface area contributed by atoms with Crippen LogP contribution in [-0.2, 0) is 20.9 Å². The summed E-state index contributed by atoms with van der Waals surface area (Å²) in [5.41, 5.74) is 6.07. The maximum Gasteiger partial charge on any atom is 0.528 e. The fourth-order valence-electron chi connectivity index (χ4n) is 3.06. The van der Waals surface area contributed by atoms with E-state index in [1.165, 1.54) is 0 Å². The molecule has 2 amide bonds. The Morgan fingerprint density at radius 2 is 1.85 bits per heavy atom. The first-order valence-electron chi connectivity index (χ1n) is 8.87. The first-order valence-corrected chi connectivity index (χ1v) is 8.87. The highest BCUT2D eigenvalue weighted by molar-refractivity contribution is 5.77. The lowest BCUT2D eigenvalue weighted by Crippen LogP contribution is -2.69. The second-order valence-electron chi connectivity index (χ2n) is 7.74. The minimum atomic E-state index is -1.38. The van der Waals surface area contributed by atoms with Gasteiger partial charge in [0, 0.05) is 12.8 Å². The zero-order valence-corrected chi connectivity index (χ0v) is 15.9. The van der Waals surface area contributed by atoms with E-state index in [4.69, 9.17) is 15.2 Å². The molecule has 3 unspecified atom stereocenters. The van der Waals surface area contributed by atoms with Crippen molar-refractivity contribution in [2.75, 3.05) is 6.54 Å². The first kappa shape index (κ1) is 20.9. The largest absolute Gasteiger partial charge is 0.528 e. The van der Waals surface area contributed by atoms with E-state index < -0.39 is 40.3 Å². The minimum absolute atomic E-state index is 0.0270. The van der Waals surface area contributed by atoms with Crippen LogP contribution in [0, 0.1) is 5.92 Å². The number of ether oxygens (including phenoxy) is 2. The van der Waals surface area contributed by atoms with Crippen LogP contribution in [0.25, 0.3) is 0 Å². The van der Waals surface area contributed by atoms with Crippen LogP contribution in [0.2, 0.25) is 0 Å². The van der Waals surface area contributed by atoms with Crippen molar-refractivity contribution in [3.05, 3.63) is 35.9 Å². The lowest BCUT2D eigenvalue weighted by molar-refractivity contribution is -0.820. The molecule has 2 rings (SSSR count). The number of imide groups is 1. The van der Waals surface area contributed by atoms with Gasteiger partial charge < -0.3 is 14.6 Å². The summed E-state index contributed by atoms with van der Waals surface area (Å²) < 4.78 is 9.55. The average Bonchev–Trinajstić information content (AvgIpc) is 2.58. The molecule has 0 aliphatic carbocycles. The minimum Gasteiger partial charge on any atom is -0.461 e. The Balaban J connectivity index is 2.04. The molecule has 8 heteroatoms. The van der Waals surface area contributed by atoms with Crippen molar-refractivity contribution in [3.63, 3.8) is 0 Å². The molecule has 1 aromatic rings. The number of nitrogens with two attached hydrogens (primary N) is 1. The average molecular weight is 379 g/mol. The van der Waals surface area contributed by atoms with Crippen molar-refractivity contribution >= 4 is 18.2 Å². The lowest BCUT2D eigenvalue weighted by Gasteiger charge is -2.40. The Bertz CT molecular complexity index is 700. The van der Waals surface area contributed by atoms with Crippen molar-refractivity contribution < 1.29 is 33.4 Å². The predicted octanol–water partition coefficient (Wildman–Crippen LogP) is 2.85. The highest BCUT2D eigenvalue weighted by Gasteiger charge is 2.57. The van der Waals surface area contributed by atoms with Crippen LogP contribution < -0.4 is 5.73 Å². The molecule has 27 heavy (non-hydrogen) atoms. The summed E-state index contributed by atoms with van der Waals surface area (Å²) in [4.78, 5) is 36.8. The summed E-state index contributed by atoms with van der Waals surface area (Å²) in [6.07, 6.45) is -3.20. The van der Waals surface area contributed by atoms with Gasteiger partial charge in [0.15, 0.2) is 6.17 Å². The molecule has 8 nitrogen and oxygen atoms in total. The molecular formula is C19H27N2O6+. The third-order valence-electron chi connectivity index (χ3n) is 4.54. The maximum absolute atomic E-state index is 12.5. The number of piperidine rings is 1. The molecule has 1 heterocycles. The van der Waals surface area contributed by atoms with E-state index in [2.05, 4.69) is 0 Å². The number of esters is 1. The quantitative estimate of drug-likeness (QED) is 0.613. The van der Waals surface area contributed by atoms with Gasteiger partial charge in [0.2, 0.25) is 0 Å². The van der Waals surface area contributed by atoms with Crippen molar-refractivity contribution in [1.82, 2.24) is 0 Å². The Morgan fingerprint density at radius 3 is 2.37 bits per heavy atom. The van der Waals surface area contributed by atoms with Gasteiger partial charge in [-0.3, -0.25) is 10.5 Å². The van der Waals surface area contributed by atoms with Gasteiger partial charge in [-0.2, -0.15) is 9.59 Å². The molecular weight excluding hydrogens is 352 g/mol. The number of benzene rings is 1. The van der Waals surface area contributed by atoms with Crippen LogP contribution in [0.3, 0.4) is 0 Å². The third kappa shape index (κ3) is 4.84. The van der Waals surface area contributed by atoms with Crippen LogP contribution in [-0.4, -0.2) is 46.1 Å². The van der Waals surface area contributed by atoms with Gasteiger partial charge in [0.1, 0.15) is 18.8 Å². The van der Waals surface area contributed by atoms with Gasteiger partial charge in [-0.25, -0.2) is 0 Å². The molecule has 1 fully saturated rings. The monoisotopic (exact) mass is 379 g/mol. The second kappa shape index (κ2) is 8.06. The van der Waals surface area contributed by atoms with Gasteiger partial charge in [0.25, 0.3) is 0 Å². The summed E-state index contributed by atoms with van der Waals surface area (Å²) in [6.45, 7) is 4.97. The normalized spacial score (nSPS) is 25.5. The van der Waals surface area contributed by atoms with E-state index in [1.54, 1.807) is 20.8 Å². The maximum atomic E-state index is 12.5. The van der Waals surface area contributed by atoms with Crippen LogP contribution >= 0.6 is 0 Å². The highest BCUT2D eigenvalue weighted by atomic mass is 16.6. The number of quaternary nitrogens is 1. The van der Waals surface area contributed by atoms with E-state index in [-0.39, 0.29) is 26.0 Å². The Kier molecular flexibility index (Phi) is 6.22. The van der Waals surface area contributed by atoms with Crippen LogP contribution in [0.15, 0.2) is 30.3 Å². The van der Waals surface area contributed by atoms with Gasteiger partial charge in [-0.05, 0) is 26.3 Å². The molecule has 1 aliphatic rings. The number of hydrogen-bond acceptors (Lipinski definition) is 6.